The molecule has 184 valence electrons. The number of carbonyl (C=O) groups excluding carboxylic acids is 2. The Kier molecular flexibility index (Phi) is 5.75. The smallest absolute Gasteiger partial charge is 0.340 e. The zero-order chi connectivity index (χ0) is 25.4. The summed E-state index contributed by atoms with van der Waals surface area (Å²) in [7, 11) is 0. The van der Waals surface area contributed by atoms with Gasteiger partial charge >= 0.3 is 11.9 Å². The summed E-state index contributed by atoms with van der Waals surface area (Å²) in [6.07, 6.45) is 1.95. The van der Waals surface area contributed by atoms with E-state index in [0.717, 1.165) is 0 Å². The monoisotopic (exact) mass is 489 g/mol. The van der Waals surface area contributed by atoms with Crippen LogP contribution in [-0.2, 0) is 15.1 Å². The standard InChI is InChI=1S/C27H23NO8/c29-16-6-9-19-22(13-16)35-23-14-17(30)7-10-20(23)27(19)21-12-15(5-8-18(21)26(34)36-27)25(33)28-11-3-1-2-4-24(31)32/h5-10,12-14,29-30H,1-4,11H2,(H,28,33)(H,31,32). The third-order valence-corrected chi connectivity index (χ3v) is 6.39. The lowest BCUT2D eigenvalue weighted by molar-refractivity contribution is -0.137. The van der Waals surface area contributed by atoms with Crippen LogP contribution >= 0.6 is 0 Å². The number of phenols is 2. The fraction of sp³-hybridized carbons (Fsp3) is 0.222. The molecule has 3 aromatic carbocycles. The molecule has 0 unspecified atom stereocenters. The average molecular weight is 489 g/mol. The highest BCUT2D eigenvalue weighted by Crippen LogP contribution is 2.57. The first-order valence-electron chi connectivity index (χ1n) is 11.5. The molecule has 2 aliphatic heterocycles. The number of aromatic hydroxyl groups is 2. The lowest BCUT2D eigenvalue weighted by Gasteiger charge is -2.36. The predicted molar refractivity (Wildman–Crippen MR) is 126 cm³/mol. The van der Waals surface area contributed by atoms with E-state index in [2.05, 4.69) is 5.32 Å². The number of phenolic OH excluding ortho intramolecular Hbond substituents is 2. The van der Waals surface area contributed by atoms with E-state index in [1.54, 1.807) is 30.3 Å². The molecule has 4 N–H and O–H groups in total. The molecule has 0 aliphatic carbocycles. The van der Waals surface area contributed by atoms with Gasteiger partial charge in [-0.2, -0.15) is 0 Å². The topological polar surface area (TPSA) is 142 Å². The lowest BCUT2D eigenvalue weighted by atomic mass is 9.77. The fourth-order valence-electron chi connectivity index (χ4n) is 4.72. The second kappa shape index (κ2) is 8.92. The number of carboxylic acids is 1. The van der Waals surface area contributed by atoms with Crippen molar-refractivity contribution in [1.29, 1.82) is 0 Å². The van der Waals surface area contributed by atoms with Crippen molar-refractivity contribution in [2.75, 3.05) is 6.54 Å². The molecule has 2 aliphatic rings. The van der Waals surface area contributed by atoms with Crippen molar-refractivity contribution >= 4 is 17.8 Å². The second-order valence-corrected chi connectivity index (χ2v) is 8.75. The number of ether oxygens (including phenoxy) is 2. The Morgan fingerprint density at radius 1 is 0.833 bits per heavy atom. The number of carbonyl (C=O) groups is 3. The Balaban J connectivity index is 1.51. The van der Waals surface area contributed by atoms with Crippen molar-refractivity contribution in [1.82, 2.24) is 5.32 Å². The van der Waals surface area contributed by atoms with E-state index in [1.165, 1.54) is 24.3 Å². The van der Waals surface area contributed by atoms with E-state index < -0.39 is 17.5 Å². The number of aliphatic carboxylic acids is 1. The van der Waals surface area contributed by atoms with Crippen LogP contribution in [0.25, 0.3) is 0 Å². The molecule has 9 nitrogen and oxygen atoms in total. The molecule has 0 atom stereocenters. The van der Waals surface area contributed by atoms with Crippen molar-refractivity contribution in [3.8, 4) is 23.0 Å². The van der Waals surface area contributed by atoms with Gasteiger partial charge < -0.3 is 30.1 Å². The van der Waals surface area contributed by atoms with Gasteiger partial charge in [0.15, 0.2) is 5.60 Å². The van der Waals surface area contributed by atoms with E-state index in [4.69, 9.17) is 14.6 Å². The van der Waals surface area contributed by atoms with Gasteiger partial charge in [-0.05, 0) is 55.3 Å². The normalized spacial score (nSPS) is 14.3. The van der Waals surface area contributed by atoms with Crippen LogP contribution in [0.1, 0.15) is 63.1 Å². The Hall–Kier alpha value is -4.53. The molecule has 0 saturated carbocycles. The molecule has 0 fully saturated rings. The maximum absolute atomic E-state index is 13.0. The van der Waals surface area contributed by atoms with Crippen LogP contribution in [0.4, 0.5) is 0 Å². The number of hydrogen-bond donors (Lipinski definition) is 4. The Morgan fingerprint density at radius 3 is 2.14 bits per heavy atom. The summed E-state index contributed by atoms with van der Waals surface area (Å²) in [5, 5.41) is 31.6. The zero-order valence-corrected chi connectivity index (χ0v) is 19.1. The Morgan fingerprint density at radius 2 is 1.50 bits per heavy atom. The SMILES string of the molecule is O=C(O)CCCCCNC(=O)c1ccc2c(c1)C1(OC2=O)c2ccc(O)cc2Oc2cc(O)ccc21. The molecule has 2 heterocycles. The first-order valence-corrected chi connectivity index (χ1v) is 11.5. The van der Waals surface area contributed by atoms with Gasteiger partial charge in [-0.25, -0.2) is 4.79 Å². The third-order valence-electron chi connectivity index (χ3n) is 6.39. The summed E-state index contributed by atoms with van der Waals surface area (Å²) in [5.41, 5.74) is 0.570. The number of nitrogens with one attached hydrogen (secondary N) is 1. The molecule has 36 heavy (non-hydrogen) atoms. The summed E-state index contributed by atoms with van der Waals surface area (Å²) < 4.78 is 11.9. The van der Waals surface area contributed by atoms with E-state index in [-0.39, 0.29) is 35.3 Å². The van der Waals surface area contributed by atoms with Crippen LogP contribution in [0.3, 0.4) is 0 Å². The minimum Gasteiger partial charge on any atom is -0.508 e. The van der Waals surface area contributed by atoms with Crippen molar-refractivity contribution < 1.29 is 39.2 Å². The van der Waals surface area contributed by atoms with Crippen molar-refractivity contribution in [3.63, 3.8) is 0 Å². The highest BCUT2D eigenvalue weighted by Gasteiger charge is 2.53. The summed E-state index contributed by atoms with van der Waals surface area (Å²) in [5.74, 6) is -1.34. The van der Waals surface area contributed by atoms with Gasteiger partial charge in [0.2, 0.25) is 0 Å². The number of carboxylic acid groups (broad SMARTS) is 1. The molecule has 5 rings (SSSR count). The second-order valence-electron chi connectivity index (χ2n) is 8.75. The molecule has 0 bridgehead atoms. The average Bonchev–Trinajstić information content (AvgIpc) is 3.12. The maximum atomic E-state index is 13.0. The van der Waals surface area contributed by atoms with Gasteiger partial charge in [-0.1, -0.05) is 6.42 Å². The molecule has 9 heteroatoms. The van der Waals surface area contributed by atoms with E-state index in [1.807, 2.05) is 0 Å². The number of amides is 1. The van der Waals surface area contributed by atoms with Crippen LogP contribution in [0.5, 0.6) is 23.0 Å². The number of benzene rings is 3. The number of rotatable bonds is 7. The zero-order valence-electron chi connectivity index (χ0n) is 19.1. The first-order chi connectivity index (χ1) is 17.3. The lowest BCUT2D eigenvalue weighted by Crippen LogP contribution is -2.33. The molecular formula is C27H23NO8. The quantitative estimate of drug-likeness (QED) is 0.288. The van der Waals surface area contributed by atoms with Crippen molar-refractivity contribution in [2.45, 2.75) is 31.3 Å². The van der Waals surface area contributed by atoms with Gasteiger partial charge in [-0.15, -0.1) is 0 Å². The van der Waals surface area contributed by atoms with Gasteiger partial charge in [0.05, 0.1) is 5.56 Å². The van der Waals surface area contributed by atoms with E-state index >= 15 is 0 Å². The number of unbranched alkanes of at least 4 members (excludes halogenated alkanes) is 2. The number of esters is 1. The first kappa shape index (κ1) is 23.2. The molecule has 1 spiro atoms. The third kappa shape index (κ3) is 3.88. The van der Waals surface area contributed by atoms with Crippen molar-refractivity contribution in [3.05, 3.63) is 82.4 Å². The number of fused-ring (bicyclic) bond motifs is 6. The maximum Gasteiger partial charge on any atom is 0.340 e. The minimum absolute atomic E-state index is 0.0477. The molecule has 1 amide bonds. The Labute approximate surface area is 205 Å². The molecule has 0 aromatic heterocycles. The number of hydrogen-bond acceptors (Lipinski definition) is 7. The molecular weight excluding hydrogens is 466 g/mol. The van der Waals surface area contributed by atoms with E-state index in [0.29, 0.717) is 53.6 Å². The summed E-state index contributed by atoms with van der Waals surface area (Å²) in [4.78, 5) is 36.5. The summed E-state index contributed by atoms with van der Waals surface area (Å²) in [6.45, 7) is 0.383. The molecule has 0 radical (unpaired) electrons. The highest BCUT2D eigenvalue weighted by atomic mass is 16.6. The van der Waals surface area contributed by atoms with Crippen LogP contribution in [0.15, 0.2) is 54.6 Å². The fourth-order valence-corrected chi connectivity index (χ4v) is 4.72. The minimum atomic E-state index is -1.44. The van der Waals surface area contributed by atoms with Crippen LogP contribution in [-0.4, -0.2) is 39.7 Å². The van der Waals surface area contributed by atoms with Crippen molar-refractivity contribution in [2.24, 2.45) is 0 Å². The van der Waals surface area contributed by atoms with E-state index in [9.17, 15) is 24.6 Å². The van der Waals surface area contributed by atoms with Gasteiger partial charge in [0, 0.05) is 47.4 Å². The van der Waals surface area contributed by atoms with Crippen LogP contribution in [0, 0.1) is 0 Å². The Bertz CT molecular complexity index is 1350. The van der Waals surface area contributed by atoms with Gasteiger partial charge in [0.1, 0.15) is 23.0 Å². The van der Waals surface area contributed by atoms with Gasteiger partial charge in [-0.3, -0.25) is 9.59 Å². The largest absolute Gasteiger partial charge is 0.508 e. The van der Waals surface area contributed by atoms with Crippen LogP contribution in [0.2, 0.25) is 0 Å². The molecule has 3 aromatic rings. The highest BCUT2D eigenvalue weighted by molar-refractivity contribution is 6.00. The van der Waals surface area contributed by atoms with Gasteiger partial charge in [0.25, 0.3) is 5.91 Å². The van der Waals surface area contributed by atoms with Crippen LogP contribution < -0.4 is 10.1 Å². The predicted octanol–water partition coefficient (Wildman–Crippen LogP) is 4.04. The molecule has 0 saturated heterocycles. The summed E-state index contributed by atoms with van der Waals surface area (Å²) in [6, 6.07) is 13.6. The summed E-state index contributed by atoms with van der Waals surface area (Å²) >= 11 is 0.